The lowest BCUT2D eigenvalue weighted by molar-refractivity contribution is -0.147. The van der Waals surface area contributed by atoms with Crippen LogP contribution in [0.25, 0.3) is 0 Å². The van der Waals surface area contributed by atoms with Crippen LogP contribution < -0.4 is 14.4 Å². The molecule has 168 valence electrons. The molecule has 1 aliphatic heterocycles. The Labute approximate surface area is 195 Å². The zero-order valence-corrected chi connectivity index (χ0v) is 18.7. The number of amides is 1. The molecule has 2 heterocycles. The lowest BCUT2D eigenvalue weighted by atomic mass is 10.1. The second kappa shape index (κ2) is 10.7. The number of hydrogen-bond donors (Lipinski definition) is 0. The minimum Gasteiger partial charge on any atom is -0.486 e. The maximum absolute atomic E-state index is 13.0. The minimum atomic E-state index is -0.453. The average molecular weight is 463 g/mol. The summed E-state index contributed by atoms with van der Waals surface area (Å²) in [7, 11) is 0. The number of ether oxygens (including phenoxy) is 3. The summed E-state index contributed by atoms with van der Waals surface area (Å²) >= 11 is 1.55. The Kier molecular flexibility index (Phi) is 7.22. The van der Waals surface area contributed by atoms with E-state index in [1.165, 1.54) is 0 Å². The largest absolute Gasteiger partial charge is 0.486 e. The number of anilines is 1. The maximum atomic E-state index is 13.0. The molecule has 3 aromatic rings. The van der Waals surface area contributed by atoms with Crippen molar-refractivity contribution in [1.82, 2.24) is 0 Å². The smallest absolute Gasteiger partial charge is 0.306 e. The monoisotopic (exact) mass is 462 g/mol. The van der Waals surface area contributed by atoms with Crippen molar-refractivity contribution in [2.75, 3.05) is 24.7 Å². The summed E-state index contributed by atoms with van der Waals surface area (Å²) in [6, 6.07) is 18.3. The SMILES string of the molecule is N#Cc1ccc(CCC(=O)OCC(=O)N(Cc2cccs2)c2ccc3c(c2)OCCO3)cc1. The molecule has 1 amide bonds. The number of fused-ring (bicyclic) bond motifs is 1. The standard InChI is InChI=1S/C25H22N2O5S/c26-15-19-5-3-18(4-6-19)7-10-25(29)32-17-24(28)27(16-21-2-1-13-33-21)20-8-9-22-23(14-20)31-12-11-30-22/h1-6,8-9,13-14H,7,10-12,16-17H2. The number of rotatable bonds is 8. The van der Waals surface area contributed by atoms with Crippen LogP contribution in [-0.4, -0.2) is 31.7 Å². The quantitative estimate of drug-likeness (QED) is 0.468. The number of nitrogens with zero attached hydrogens (tertiary/aromatic N) is 2. The second-order valence-corrected chi connectivity index (χ2v) is 8.39. The van der Waals surface area contributed by atoms with Gasteiger partial charge in [-0.1, -0.05) is 18.2 Å². The topological polar surface area (TPSA) is 88.9 Å². The number of benzene rings is 2. The summed E-state index contributed by atoms with van der Waals surface area (Å²) in [5, 5.41) is 10.8. The van der Waals surface area contributed by atoms with Crippen LogP contribution in [0.15, 0.2) is 60.0 Å². The first-order valence-corrected chi connectivity index (χ1v) is 11.4. The highest BCUT2D eigenvalue weighted by Crippen LogP contribution is 2.34. The number of carbonyl (C=O) groups is 2. The van der Waals surface area contributed by atoms with Crippen LogP contribution in [0.4, 0.5) is 5.69 Å². The van der Waals surface area contributed by atoms with Crippen molar-refractivity contribution in [3.8, 4) is 17.6 Å². The molecule has 2 aromatic carbocycles. The average Bonchev–Trinajstić information content (AvgIpc) is 3.38. The van der Waals surface area contributed by atoms with Crippen LogP contribution in [0, 0.1) is 11.3 Å². The van der Waals surface area contributed by atoms with Crippen LogP contribution in [0.5, 0.6) is 11.5 Å². The van der Waals surface area contributed by atoms with Gasteiger partial charge in [0.1, 0.15) is 13.2 Å². The Hall–Kier alpha value is -3.83. The molecular weight excluding hydrogens is 440 g/mol. The third-order valence-electron chi connectivity index (χ3n) is 5.09. The molecule has 4 rings (SSSR count). The van der Waals surface area contributed by atoms with Gasteiger partial charge in [0, 0.05) is 23.1 Å². The molecular formula is C25H22N2O5S. The van der Waals surface area contributed by atoms with Crippen molar-refractivity contribution in [3.05, 3.63) is 76.0 Å². The Balaban J connectivity index is 1.38. The van der Waals surface area contributed by atoms with E-state index in [2.05, 4.69) is 6.07 Å². The van der Waals surface area contributed by atoms with Gasteiger partial charge in [-0.05, 0) is 47.7 Å². The molecule has 33 heavy (non-hydrogen) atoms. The summed E-state index contributed by atoms with van der Waals surface area (Å²) in [5.74, 6) is 0.447. The molecule has 1 aromatic heterocycles. The Morgan fingerprint density at radius 1 is 1.06 bits per heavy atom. The minimum absolute atomic E-state index is 0.147. The summed E-state index contributed by atoms with van der Waals surface area (Å²) in [6.07, 6.45) is 0.619. The van der Waals surface area contributed by atoms with E-state index in [-0.39, 0.29) is 18.9 Å². The van der Waals surface area contributed by atoms with Crippen molar-refractivity contribution in [3.63, 3.8) is 0 Å². The van der Waals surface area contributed by atoms with Crippen molar-refractivity contribution in [1.29, 1.82) is 5.26 Å². The number of carbonyl (C=O) groups excluding carboxylic acids is 2. The van der Waals surface area contributed by atoms with Gasteiger partial charge < -0.3 is 19.1 Å². The molecule has 0 aliphatic carbocycles. The van der Waals surface area contributed by atoms with Gasteiger partial charge in [-0.2, -0.15) is 5.26 Å². The molecule has 0 spiro atoms. The summed E-state index contributed by atoms with van der Waals surface area (Å²) in [6.45, 7) is 0.944. The van der Waals surface area contributed by atoms with Crippen LogP contribution in [0.3, 0.4) is 0 Å². The maximum Gasteiger partial charge on any atom is 0.306 e. The molecule has 0 unspecified atom stereocenters. The van der Waals surface area contributed by atoms with E-state index in [0.717, 1.165) is 10.4 Å². The van der Waals surface area contributed by atoms with Gasteiger partial charge in [0.15, 0.2) is 18.1 Å². The Morgan fingerprint density at radius 3 is 2.58 bits per heavy atom. The first kappa shape index (κ1) is 22.4. The van der Waals surface area contributed by atoms with Crippen molar-refractivity contribution >= 4 is 28.9 Å². The third kappa shape index (κ3) is 5.90. The number of aryl methyl sites for hydroxylation is 1. The van der Waals surface area contributed by atoms with Crippen LogP contribution in [0.1, 0.15) is 22.4 Å². The van der Waals surface area contributed by atoms with Crippen LogP contribution in [0.2, 0.25) is 0 Å². The predicted molar refractivity (Wildman–Crippen MR) is 123 cm³/mol. The number of thiophene rings is 1. The molecule has 0 saturated heterocycles. The highest BCUT2D eigenvalue weighted by molar-refractivity contribution is 7.09. The van der Waals surface area contributed by atoms with Crippen LogP contribution >= 0.6 is 11.3 Å². The van der Waals surface area contributed by atoms with E-state index in [9.17, 15) is 9.59 Å². The normalized spacial score (nSPS) is 12.0. The molecule has 0 bridgehead atoms. The van der Waals surface area contributed by atoms with E-state index in [1.54, 1.807) is 46.6 Å². The third-order valence-corrected chi connectivity index (χ3v) is 5.95. The molecule has 0 N–H and O–H groups in total. The van der Waals surface area contributed by atoms with Gasteiger partial charge in [-0.25, -0.2) is 0 Å². The van der Waals surface area contributed by atoms with Crippen LogP contribution in [-0.2, 0) is 27.3 Å². The first-order chi connectivity index (χ1) is 16.1. The van der Waals surface area contributed by atoms with Gasteiger partial charge >= 0.3 is 5.97 Å². The van der Waals surface area contributed by atoms with E-state index in [0.29, 0.717) is 48.9 Å². The second-order valence-electron chi connectivity index (χ2n) is 7.36. The van der Waals surface area contributed by atoms with E-state index in [4.69, 9.17) is 19.5 Å². The van der Waals surface area contributed by atoms with Crippen molar-refractivity contribution < 1.29 is 23.8 Å². The predicted octanol–water partition coefficient (Wildman–Crippen LogP) is 4.10. The number of hydrogen-bond acceptors (Lipinski definition) is 7. The molecule has 0 atom stereocenters. The van der Waals surface area contributed by atoms with Gasteiger partial charge in [0.25, 0.3) is 5.91 Å². The fraction of sp³-hybridized carbons (Fsp3) is 0.240. The van der Waals surface area contributed by atoms with E-state index >= 15 is 0 Å². The summed E-state index contributed by atoms with van der Waals surface area (Å²) in [4.78, 5) is 27.9. The highest BCUT2D eigenvalue weighted by Gasteiger charge is 2.21. The lowest BCUT2D eigenvalue weighted by Crippen LogP contribution is -2.34. The van der Waals surface area contributed by atoms with Gasteiger partial charge in [-0.3, -0.25) is 9.59 Å². The van der Waals surface area contributed by atoms with E-state index in [1.807, 2.05) is 29.6 Å². The van der Waals surface area contributed by atoms with Gasteiger partial charge in [0.05, 0.1) is 18.2 Å². The van der Waals surface area contributed by atoms with Crippen molar-refractivity contribution in [2.24, 2.45) is 0 Å². The molecule has 0 saturated carbocycles. The fourth-order valence-electron chi connectivity index (χ4n) is 3.37. The summed E-state index contributed by atoms with van der Waals surface area (Å²) in [5.41, 5.74) is 2.14. The van der Waals surface area contributed by atoms with Gasteiger partial charge in [-0.15, -0.1) is 11.3 Å². The molecule has 8 heteroatoms. The molecule has 7 nitrogen and oxygen atoms in total. The number of esters is 1. The number of nitriles is 1. The lowest BCUT2D eigenvalue weighted by Gasteiger charge is -2.25. The zero-order valence-electron chi connectivity index (χ0n) is 17.9. The summed E-state index contributed by atoms with van der Waals surface area (Å²) < 4.78 is 16.5. The highest BCUT2D eigenvalue weighted by atomic mass is 32.1. The van der Waals surface area contributed by atoms with Gasteiger partial charge in [0.2, 0.25) is 0 Å². The molecule has 0 radical (unpaired) electrons. The molecule has 1 aliphatic rings. The van der Waals surface area contributed by atoms with Crippen molar-refractivity contribution in [2.45, 2.75) is 19.4 Å². The van der Waals surface area contributed by atoms with E-state index < -0.39 is 5.97 Å². The fourth-order valence-corrected chi connectivity index (χ4v) is 4.06. The zero-order chi connectivity index (χ0) is 23.0. The molecule has 0 fully saturated rings. The Morgan fingerprint density at radius 2 is 1.85 bits per heavy atom. The first-order valence-electron chi connectivity index (χ1n) is 10.5. The Bertz CT molecular complexity index is 1150.